The molecule has 168 valence electrons. The zero-order chi connectivity index (χ0) is 23.2. The van der Waals surface area contributed by atoms with Crippen molar-refractivity contribution in [3.05, 3.63) is 83.4 Å². The Kier molecular flexibility index (Phi) is 5.17. The monoisotopic (exact) mass is 462 g/mol. The van der Waals surface area contributed by atoms with Crippen LogP contribution in [-0.4, -0.2) is 26.3 Å². The number of sulfonamides is 1. The highest BCUT2D eigenvalue weighted by Crippen LogP contribution is 2.36. The summed E-state index contributed by atoms with van der Waals surface area (Å²) in [6.45, 7) is 1.87. The molecule has 0 bridgehead atoms. The van der Waals surface area contributed by atoms with Crippen molar-refractivity contribution in [1.29, 1.82) is 0 Å². The Labute approximate surface area is 192 Å². The van der Waals surface area contributed by atoms with Gasteiger partial charge in [0.05, 0.1) is 16.1 Å². The predicted molar refractivity (Wildman–Crippen MR) is 124 cm³/mol. The summed E-state index contributed by atoms with van der Waals surface area (Å²) in [6.07, 6.45) is 1.58. The van der Waals surface area contributed by atoms with Crippen LogP contribution in [0.25, 0.3) is 0 Å². The molecule has 2 heterocycles. The highest BCUT2D eigenvalue weighted by molar-refractivity contribution is 7.92. The normalized spacial score (nSPS) is 17.2. The fraction of sp³-hybridized carbons (Fsp3) is 0.200. The lowest BCUT2D eigenvalue weighted by molar-refractivity contribution is -0.116. The molecule has 5 rings (SSSR count). The molecule has 0 aliphatic carbocycles. The van der Waals surface area contributed by atoms with Gasteiger partial charge in [0.15, 0.2) is 0 Å². The number of hydrogen-bond acceptors (Lipinski definition) is 5. The summed E-state index contributed by atoms with van der Waals surface area (Å²) in [5.41, 5.74) is 3.38. The standard InChI is InChI=1S/C25H22N2O5S/c1-16-13-18-5-2-3-8-23(18)27(16)33(30,31)21-7-4-6-19(15-21)25(29)32-20-10-11-22-17(14-20)9-12-24(28)26-22/h2-8,10-11,14-16H,9,12-13H2,1H3,(H,26,28). The molecule has 2 aliphatic heterocycles. The van der Waals surface area contributed by atoms with E-state index in [1.807, 2.05) is 25.1 Å². The summed E-state index contributed by atoms with van der Waals surface area (Å²) < 4.78 is 33.9. The Hall–Kier alpha value is -3.65. The van der Waals surface area contributed by atoms with Gasteiger partial charge in [-0.3, -0.25) is 9.10 Å². The van der Waals surface area contributed by atoms with Crippen molar-refractivity contribution < 1.29 is 22.7 Å². The van der Waals surface area contributed by atoms with Crippen molar-refractivity contribution in [3.63, 3.8) is 0 Å². The first-order chi connectivity index (χ1) is 15.8. The first kappa shape index (κ1) is 21.2. The minimum atomic E-state index is -3.86. The van der Waals surface area contributed by atoms with Gasteiger partial charge in [-0.05, 0) is 73.4 Å². The zero-order valence-corrected chi connectivity index (χ0v) is 18.8. The molecule has 3 aromatic carbocycles. The lowest BCUT2D eigenvalue weighted by atomic mass is 10.0. The average Bonchev–Trinajstić information content (AvgIpc) is 3.15. The Morgan fingerprint density at radius 3 is 2.67 bits per heavy atom. The highest BCUT2D eigenvalue weighted by atomic mass is 32.2. The third-order valence-corrected chi connectivity index (χ3v) is 7.88. The molecule has 33 heavy (non-hydrogen) atoms. The molecule has 1 unspecified atom stereocenters. The second-order valence-electron chi connectivity index (χ2n) is 8.27. The van der Waals surface area contributed by atoms with Crippen LogP contribution in [0.3, 0.4) is 0 Å². The number of nitrogens with one attached hydrogen (secondary N) is 1. The van der Waals surface area contributed by atoms with Gasteiger partial charge in [-0.25, -0.2) is 13.2 Å². The molecule has 0 spiro atoms. The molecule has 3 aromatic rings. The summed E-state index contributed by atoms with van der Waals surface area (Å²) in [7, 11) is -3.86. The molecule has 1 atom stereocenters. The van der Waals surface area contributed by atoms with E-state index in [1.54, 1.807) is 30.3 Å². The van der Waals surface area contributed by atoms with Crippen LogP contribution in [0.5, 0.6) is 5.75 Å². The van der Waals surface area contributed by atoms with Gasteiger partial charge in [-0.2, -0.15) is 0 Å². The predicted octanol–water partition coefficient (Wildman–Crippen LogP) is 3.93. The second-order valence-corrected chi connectivity index (χ2v) is 10.1. The van der Waals surface area contributed by atoms with Crippen LogP contribution >= 0.6 is 0 Å². The zero-order valence-electron chi connectivity index (χ0n) is 17.9. The molecule has 0 aromatic heterocycles. The number of amides is 1. The largest absolute Gasteiger partial charge is 0.423 e. The molecule has 1 N–H and O–H groups in total. The summed E-state index contributed by atoms with van der Waals surface area (Å²) in [4.78, 5) is 24.4. The minimum absolute atomic E-state index is 0.0358. The van der Waals surface area contributed by atoms with Gasteiger partial charge in [-0.15, -0.1) is 0 Å². The van der Waals surface area contributed by atoms with E-state index in [-0.39, 0.29) is 22.4 Å². The summed E-state index contributed by atoms with van der Waals surface area (Å²) in [5.74, 6) is -0.354. The van der Waals surface area contributed by atoms with Gasteiger partial charge in [0.2, 0.25) is 5.91 Å². The number of hydrogen-bond donors (Lipinski definition) is 1. The molecule has 1 amide bonds. The van der Waals surface area contributed by atoms with E-state index in [0.717, 1.165) is 11.1 Å². The van der Waals surface area contributed by atoms with Gasteiger partial charge >= 0.3 is 5.97 Å². The van der Waals surface area contributed by atoms with Crippen LogP contribution in [0.15, 0.2) is 71.6 Å². The number of para-hydroxylation sites is 1. The van der Waals surface area contributed by atoms with E-state index in [0.29, 0.717) is 36.4 Å². The van der Waals surface area contributed by atoms with Gasteiger partial charge in [0.25, 0.3) is 10.0 Å². The number of rotatable bonds is 4. The third kappa shape index (κ3) is 3.87. The van der Waals surface area contributed by atoms with E-state index in [9.17, 15) is 18.0 Å². The van der Waals surface area contributed by atoms with Crippen LogP contribution in [0, 0.1) is 0 Å². The number of nitrogens with zero attached hydrogens (tertiary/aromatic N) is 1. The number of carbonyl (C=O) groups excluding carboxylic acids is 2. The Morgan fingerprint density at radius 2 is 1.82 bits per heavy atom. The number of fused-ring (bicyclic) bond motifs is 2. The molecular formula is C25H22N2O5S. The van der Waals surface area contributed by atoms with Crippen LogP contribution < -0.4 is 14.4 Å². The first-order valence-corrected chi connectivity index (χ1v) is 12.1. The SMILES string of the molecule is CC1Cc2ccccc2N1S(=O)(=O)c1cccc(C(=O)Oc2ccc3c(c2)CCC(=O)N3)c1. The van der Waals surface area contributed by atoms with Crippen LogP contribution in [0.1, 0.15) is 34.8 Å². The van der Waals surface area contributed by atoms with Crippen molar-refractivity contribution in [3.8, 4) is 5.75 Å². The van der Waals surface area contributed by atoms with Gasteiger partial charge < -0.3 is 10.1 Å². The van der Waals surface area contributed by atoms with Crippen LogP contribution in [0.2, 0.25) is 0 Å². The van der Waals surface area contributed by atoms with Crippen molar-refractivity contribution in [2.45, 2.75) is 37.1 Å². The summed E-state index contributed by atoms with van der Waals surface area (Å²) >= 11 is 0. The van der Waals surface area contributed by atoms with Crippen molar-refractivity contribution in [1.82, 2.24) is 0 Å². The van der Waals surface area contributed by atoms with E-state index < -0.39 is 16.0 Å². The smallest absolute Gasteiger partial charge is 0.343 e. The lowest BCUT2D eigenvalue weighted by Crippen LogP contribution is -2.35. The Balaban J connectivity index is 1.40. The maximum Gasteiger partial charge on any atom is 0.343 e. The maximum atomic E-state index is 13.5. The molecule has 2 aliphatic rings. The summed E-state index contributed by atoms with van der Waals surface area (Å²) in [6, 6.07) is 18.1. The first-order valence-electron chi connectivity index (χ1n) is 10.7. The molecule has 0 saturated heterocycles. The van der Waals surface area contributed by atoms with E-state index in [2.05, 4.69) is 5.32 Å². The molecule has 0 saturated carbocycles. The van der Waals surface area contributed by atoms with Gasteiger partial charge in [0, 0.05) is 18.2 Å². The number of anilines is 2. The van der Waals surface area contributed by atoms with E-state index in [1.165, 1.54) is 22.5 Å². The van der Waals surface area contributed by atoms with E-state index in [4.69, 9.17) is 4.74 Å². The number of esters is 1. The van der Waals surface area contributed by atoms with Crippen molar-refractivity contribution in [2.24, 2.45) is 0 Å². The van der Waals surface area contributed by atoms with Crippen molar-refractivity contribution in [2.75, 3.05) is 9.62 Å². The lowest BCUT2D eigenvalue weighted by Gasteiger charge is -2.24. The number of aryl methyl sites for hydroxylation is 1. The fourth-order valence-corrected chi connectivity index (χ4v) is 6.13. The highest BCUT2D eigenvalue weighted by Gasteiger charge is 2.36. The Morgan fingerprint density at radius 1 is 1.00 bits per heavy atom. The number of benzene rings is 3. The van der Waals surface area contributed by atoms with Crippen LogP contribution in [-0.2, 0) is 27.7 Å². The van der Waals surface area contributed by atoms with Gasteiger partial charge in [0.1, 0.15) is 5.75 Å². The number of ether oxygens (including phenoxy) is 1. The minimum Gasteiger partial charge on any atom is -0.423 e. The molecular weight excluding hydrogens is 440 g/mol. The average molecular weight is 463 g/mol. The molecule has 8 heteroatoms. The van der Waals surface area contributed by atoms with Crippen LogP contribution in [0.4, 0.5) is 11.4 Å². The molecule has 7 nitrogen and oxygen atoms in total. The third-order valence-electron chi connectivity index (χ3n) is 5.95. The van der Waals surface area contributed by atoms with E-state index >= 15 is 0 Å². The Bertz CT molecular complexity index is 1380. The quantitative estimate of drug-likeness (QED) is 0.469. The fourth-order valence-electron chi connectivity index (χ4n) is 4.39. The maximum absolute atomic E-state index is 13.5. The molecule has 0 fully saturated rings. The number of carbonyl (C=O) groups is 2. The summed E-state index contributed by atoms with van der Waals surface area (Å²) in [5, 5.41) is 2.78. The second kappa shape index (κ2) is 8.04. The topological polar surface area (TPSA) is 92.8 Å². The molecule has 0 radical (unpaired) electrons. The van der Waals surface area contributed by atoms with Crippen molar-refractivity contribution >= 4 is 33.3 Å². The van der Waals surface area contributed by atoms with Gasteiger partial charge in [-0.1, -0.05) is 24.3 Å².